The van der Waals surface area contributed by atoms with Gasteiger partial charge in [0, 0.05) is 77.4 Å². The molecule has 18 heteroatoms. The zero-order valence-electron chi connectivity index (χ0n) is 27.0. The summed E-state index contributed by atoms with van der Waals surface area (Å²) in [6.45, 7) is 0.573. The molecule has 0 radical (unpaired) electrons. The van der Waals surface area contributed by atoms with E-state index in [1.54, 1.807) is 0 Å². The number of amides is 2. The molecule has 0 aliphatic carbocycles. The Morgan fingerprint density at radius 3 is 1.46 bits per heavy atom. The van der Waals surface area contributed by atoms with Gasteiger partial charge in [0.15, 0.2) is 5.90 Å². The normalized spacial score (nSPS) is 10.5. The fourth-order valence-electron chi connectivity index (χ4n) is 4.41. The van der Waals surface area contributed by atoms with Gasteiger partial charge >= 0.3 is 17.9 Å². The Kier molecular flexibility index (Phi) is 18.5. The monoisotopic (exact) mass is 825 g/mol. The molecule has 16 nitrogen and oxygen atoms in total. The molecule has 2 amide bonds. The summed E-state index contributed by atoms with van der Waals surface area (Å²) in [6, 6.07) is 8.46. The minimum absolute atomic E-state index is 0.0101. The van der Waals surface area contributed by atoms with Crippen molar-refractivity contribution in [3.63, 3.8) is 0 Å². The number of hydrogen-bond acceptors (Lipinski definition) is 12. The van der Waals surface area contributed by atoms with Crippen molar-refractivity contribution in [3.05, 3.63) is 78.9 Å². The van der Waals surface area contributed by atoms with Gasteiger partial charge in [-0.05, 0) is 37.8 Å². The molecule has 0 aliphatic rings. The topological polar surface area (TPSA) is 238 Å². The van der Waals surface area contributed by atoms with Crippen LogP contribution >= 0.6 is 31.9 Å². The zero-order chi connectivity index (χ0) is 37.1. The number of esters is 3. The Balaban J connectivity index is 1.52. The standard InChI is InChI=1S/C32H37Br2N5O11/c33-19-23-11-9-21(17-25(23)38(45)46)31(43)36-15-5-1-3-7-28(40)49-27(35)13-14-30(42)50-29(41)8-4-2-6-16-37-32(44)22-10-12-24(20-34)26(18-22)39(47)48/h9-12,17-18,35H,1-8,13-16,19-20H2,(H,36,43)(H,37,44). The van der Waals surface area contributed by atoms with Crippen LogP contribution in [0.5, 0.6) is 0 Å². The van der Waals surface area contributed by atoms with Crippen LogP contribution in [0.3, 0.4) is 0 Å². The SMILES string of the molecule is N=C(CCC(=O)OC(=O)CCCCCNC(=O)c1ccc(CBr)c([N+](=O)[O-])c1)OC(=O)CCCCCNC(=O)c1ccc(CBr)c([N+](=O)[O-])c1. The van der Waals surface area contributed by atoms with Crippen LogP contribution in [0.4, 0.5) is 11.4 Å². The number of nitro benzene ring substituents is 2. The van der Waals surface area contributed by atoms with E-state index in [2.05, 4.69) is 42.5 Å². The quantitative estimate of drug-likeness (QED) is 0.0194. The van der Waals surface area contributed by atoms with E-state index in [4.69, 9.17) is 14.9 Å². The lowest BCUT2D eigenvalue weighted by Gasteiger charge is -2.08. The van der Waals surface area contributed by atoms with E-state index in [1.165, 1.54) is 36.4 Å². The predicted octanol–water partition coefficient (Wildman–Crippen LogP) is 5.94. The fourth-order valence-corrected chi connectivity index (χ4v) is 5.36. The first kappa shape index (κ1) is 41.6. The number of nitrogens with zero attached hydrogens (tertiary/aromatic N) is 2. The molecule has 2 aromatic rings. The minimum Gasteiger partial charge on any atom is -0.412 e. The lowest BCUT2D eigenvalue weighted by molar-refractivity contribution is -0.385. The Hall–Kier alpha value is -4.58. The van der Waals surface area contributed by atoms with Crippen molar-refractivity contribution in [2.45, 2.75) is 74.9 Å². The number of rotatable bonds is 21. The number of unbranched alkanes of at least 4 members (excludes halogenated alkanes) is 4. The summed E-state index contributed by atoms with van der Waals surface area (Å²) in [6.07, 6.45) is 2.38. The highest BCUT2D eigenvalue weighted by molar-refractivity contribution is 9.08. The molecule has 0 saturated heterocycles. The lowest BCUT2D eigenvalue weighted by Crippen LogP contribution is -2.24. The van der Waals surface area contributed by atoms with Crippen LogP contribution in [0.25, 0.3) is 0 Å². The van der Waals surface area contributed by atoms with E-state index in [0.717, 1.165) is 0 Å². The molecule has 0 unspecified atom stereocenters. The molecule has 0 fully saturated rings. The molecule has 0 aromatic heterocycles. The maximum Gasteiger partial charge on any atom is 0.313 e. The van der Waals surface area contributed by atoms with Crippen LogP contribution in [0.1, 0.15) is 96.1 Å². The molecular weight excluding hydrogens is 790 g/mol. The number of alkyl halides is 2. The van der Waals surface area contributed by atoms with Crippen molar-refractivity contribution < 1.29 is 43.3 Å². The van der Waals surface area contributed by atoms with Gasteiger partial charge in [-0.2, -0.15) is 0 Å². The van der Waals surface area contributed by atoms with Gasteiger partial charge in [0.25, 0.3) is 23.2 Å². The van der Waals surface area contributed by atoms with Crippen molar-refractivity contribution in [1.82, 2.24) is 10.6 Å². The van der Waals surface area contributed by atoms with Crippen molar-refractivity contribution >= 4 is 78.9 Å². The van der Waals surface area contributed by atoms with E-state index in [9.17, 15) is 44.2 Å². The maximum absolute atomic E-state index is 12.3. The maximum atomic E-state index is 12.3. The first-order chi connectivity index (χ1) is 23.9. The van der Waals surface area contributed by atoms with Crippen LogP contribution in [-0.2, 0) is 34.5 Å². The van der Waals surface area contributed by atoms with Gasteiger partial charge < -0.3 is 20.1 Å². The summed E-state index contributed by atoms with van der Waals surface area (Å²) in [7, 11) is 0. The molecule has 0 atom stereocenters. The highest BCUT2D eigenvalue weighted by atomic mass is 79.9. The number of nitro groups is 2. The number of carbonyl (C=O) groups is 5. The third kappa shape index (κ3) is 14.9. The number of nitrogens with one attached hydrogen (secondary N) is 3. The number of hydrogen-bond donors (Lipinski definition) is 3. The summed E-state index contributed by atoms with van der Waals surface area (Å²) in [5.41, 5.74) is 0.929. The molecule has 2 aromatic carbocycles. The van der Waals surface area contributed by atoms with E-state index in [0.29, 0.717) is 56.2 Å². The Morgan fingerprint density at radius 1 is 0.620 bits per heavy atom. The number of halogens is 2. The second-order valence-electron chi connectivity index (χ2n) is 10.8. The Labute approximate surface area is 304 Å². The average molecular weight is 827 g/mol. The number of carbonyl (C=O) groups excluding carboxylic acids is 5. The fraction of sp³-hybridized carbons (Fsp3) is 0.438. The average Bonchev–Trinajstić information content (AvgIpc) is 3.09. The van der Waals surface area contributed by atoms with Crippen molar-refractivity contribution in [2.75, 3.05) is 13.1 Å². The van der Waals surface area contributed by atoms with Crippen molar-refractivity contribution in [2.24, 2.45) is 0 Å². The Morgan fingerprint density at radius 2 is 1.04 bits per heavy atom. The molecule has 0 saturated carbocycles. The molecule has 0 aliphatic heterocycles. The van der Waals surface area contributed by atoms with Crippen LogP contribution in [0, 0.1) is 25.6 Å². The summed E-state index contributed by atoms with van der Waals surface area (Å²) in [5.74, 6) is -3.62. The van der Waals surface area contributed by atoms with Crippen LogP contribution in [-0.4, -0.2) is 58.6 Å². The van der Waals surface area contributed by atoms with Gasteiger partial charge in [0.2, 0.25) is 0 Å². The van der Waals surface area contributed by atoms with Crippen LogP contribution in [0.2, 0.25) is 0 Å². The predicted molar refractivity (Wildman–Crippen MR) is 187 cm³/mol. The largest absolute Gasteiger partial charge is 0.412 e. The van der Waals surface area contributed by atoms with Crippen molar-refractivity contribution in [3.8, 4) is 0 Å². The van der Waals surface area contributed by atoms with Gasteiger partial charge in [-0.1, -0.05) is 56.8 Å². The first-order valence-corrected chi connectivity index (χ1v) is 17.8. The van der Waals surface area contributed by atoms with Crippen LogP contribution in [0.15, 0.2) is 36.4 Å². The summed E-state index contributed by atoms with van der Waals surface area (Å²) in [4.78, 5) is 81.8. The van der Waals surface area contributed by atoms with E-state index >= 15 is 0 Å². The van der Waals surface area contributed by atoms with E-state index in [1.807, 2.05) is 0 Å². The minimum atomic E-state index is -0.862. The van der Waals surface area contributed by atoms with E-state index in [-0.39, 0.29) is 65.4 Å². The molecular formula is C32H37Br2N5O11. The molecule has 270 valence electrons. The van der Waals surface area contributed by atoms with Crippen LogP contribution < -0.4 is 10.6 Å². The molecule has 2 rings (SSSR count). The Bertz CT molecular complexity index is 1470. The van der Waals surface area contributed by atoms with Gasteiger partial charge in [-0.15, -0.1) is 0 Å². The highest BCUT2D eigenvalue weighted by Gasteiger charge is 2.18. The summed E-state index contributed by atoms with van der Waals surface area (Å²) < 4.78 is 9.62. The molecule has 50 heavy (non-hydrogen) atoms. The molecule has 0 heterocycles. The number of ether oxygens (including phenoxy) is 2. The summed E-state index contributed by atoms with van der Waals surface area (Å²) in [5, 5.41) is 36.0. The smallest absolute Gasteiger partial charge is 0.313 e. The van der Waals surface area contributed by atoms with Gasteiger partial charge in [-0.25, -0.2) is 0 Å². The number of benzene rings is 2. The first-order valence-electron chi connectivity index (χ1n) is 15.6. The zero-order valence-corrected chi connectivity index (χ0v) is 30.2. The molecule has 3 N–H and O–H groups in total. The lowest BCUT2D eigenvalue weighted by atomic mass is 10.1. The molecule has 0 spiro atoms. The third-order valence-electron chi connectivity index (χ3n) is 7.08. The van der Waals surface area contributed by atoms with E-state index < -0.39 is 45.5 Å². The molecule has 0 bridgehead atoms. The highest BCUT2D eigenvalue weighted by Crippen LogP contribution is 2.24. The second kappa shape index (κ2) is 22.2. The second-order valence-corrected chi connectivity index (χ2v) is 12.0. The van der Waals surface area contributed by atoms with Crippen molar-refractivity contribution in [1.29, 1.82) is 5.41 Å². The van der Waals surface area contributed by atoms with Gasteiger partial charge in [0.05, 0.1) is 16.3 Å². The van der Waals surface area contributed by atoms with Gasteiger partial charge in [0.1, 0.15) is 0 Å². The van der Waals surface area contributed by atoms with Gasteiger partial charge in [-0.3, -0.25) is 49.6 Å². The summed E-state index contributed by atoms with van der Waals surface area (Å²) >= 11 is 6.35. The third-order valence-corrected chi connectivity index (χ3v) is 8.29.